The predicted molar refractivity (Wildman–Crippen MR) is 246 cm³/mol. The zero-order valence-electron chi connectivity index (χ0n) is 34.7. The molecule has 0 aliphatic heterocycles. The van der Waals surface area contributed by atoms with E-state index in [4.69, 9.17) is 5.11 Å². The number of hydrogen-bond donors (Lipinski definition) is 9. The molecule has 9 N–H and O–H groups in total. The summed E-state index contributed by atoms with van der Waals surface area (Å²) >= 11 is 0. The van der Waals surface area contributed by atoms with Crippen LogP contribution in [-0.4, -0.2) is 92.5 Å². The van der Waals surface area contributed by atoms with Crippen molar-refractivity contribution in [3.05, 3.63) is 108 Å². The lowest BCUT2D eigenvalue weighted by atomic mass is 10.1. The fraction of sp³-hybridized carbons (Fsp3) is 0.190. The largest absolute Gasteiger partial charge is 0.481 e. The topological polar surface area (TPSA) is 313 Å². The highest BCUT2D eigenvalue weighted by molar-refractivity contribution is 7.86. The summed E-state index contributed by atoms with van der Waals surface area (Å²) in [5.41, 5.74) is 1.33. The van der Waals surface area contributed by atoms with Gasteiger partial charge in [-0.2, -0.15) is 46.7 Å². The maximum atomic E-state index is 12.7. The second-order valence-electron chi connectivity index (χ2n) is 14.1. The number of nitrogens with one attached hydrogen (secondary N) is 6. The maximum Gasteiger partial charge on any atom is 0.305 e. The van der Waals surface area contributed by atoms with Crippen LogP contribution in [0.4, 0.5) is 62.8 Å². The van der Waals surface area contributed by atoms with Gasteiger partial charge in [0.1, 0.15) is 15.6 Å². The molecule has 344 valence electrons. The SMILES string of the molecule is O=C(O)CCNc1nc(Nc2ccccc2)nc(Nc2ccc(/C=C/c3ccc(Nc4nc(NCCC(=O)CCCCF)nc(Nc5ccccc5)n4)cc3S(=O)(=O)O)c(S(=O)(=O)O)c2)n1. The Morgan fingerprint density at radius 1 is 0.515 bits per heavy atom. The number of alkyl halides is 1. The molecule has 0 saturated heterocycles. The van der Waals surface area contributed by atoms with Gasteiger partial charge in [-0.15, -0.1) is 0 Å². The Morgan fingerprint density at radius 3 is 1.30 bits per heavy atom. The number of para-hydroxylation sites is 2. The van der Waals surface area contributed by atoms with Crippen molar-refractivity contribution in [2.24, 2.45) is 0 Å². The van der Waals surface area contributed by atoms with Gasteiger partial charge in [-0.1, -0.05) is 60.7 Å². The van der Waals surface area contributed by atoms with Crippen molar-refractivity contribution >= 4 is 103 Å². The Bertz CT molecular complexity index is 2920. The van der Waals surface area contributed by atoms with Crippen LogP contribution in [0.15, 0.2) is 107 Å². The predicted octanol–water partition coefficient (Wildman–Crippen LogP) is 7.09. The minimum atomic E-state index is -4.91. The van der Waals surface area contributed by atoms with Crippen molar-refractivity contribution in [1.82, 2.24) is 29.9 Å². The van der Waals surface area contributed by atoms with E-state index in [1.165, 1.54) is 36.4 Å². The number of anilines is 10. The summed E-state index contributed by atoms with van der Waals surface area (Å²) in [5, 5.41) is 26.6. The van der Waals surface area contributed by atoms with Crippen LogP contribution >= 0.6 is 0 Å². The maximum absolute atomic E-state index is 12.7. The molecule has 0 bridgehead atoms. The van der Waals surface area contributed by atoms with Crippen molar-refractivity contribution in [2.45, 2.75) is 41.9 Å². The number of unbranched alkanes of at least 4 members (excludes halogenated alkanes) is 1. The average molecular weight is 943 g/mol. The zero-order valence-corrected chi connectivity index (χ0v) is 36.4. The number of carbonyl (C=O) groups excluding carboxylic acids is 1. The Kier molecular flexibility index (Phi) is 16.1. The molecule has 0 radical (unpaired) electrons. The third-order valence-corrected chi connectivity index (χ3v) is 10.8. The van der Waals surface area contributed by atoms with Gasteiger partial charge in [0.2, 0.25) is 35.7 Å². The number of Topliss-reactive ketones (excluding diaryl/α,β-unsaturated/α-hetero) is 1. The first-order valence-corrected chi connectivity index (χ1v) is 22.9. The molecule has 21 nitrogen and oxygen atoms in total. The van der Waals surface area contributed by atoms with Crippen LogP contribution in [0, 0.1) is 0 Å². The first-order chi connectivity index (χ1) is 31.6. The lowest BCUT2D eigenvalue weighted by molar-refractivity contribution is -0.136. The average Bonchev–Trinajstić information content (AvgIpc) is 3.26. The summed E-state index contributed by atoms with van der Waals surface area (Å²) < 4.78 is 83.8. The van der Waals surface area contributed by atoms with Gasteiger partial charge in [0.15, 0.2) is 0 Å². The molecular formula is C42H43FN12O9S2. The minimum absolute atomic E-state index is 0.00104. The first-order valence-electron chi connectivity index (χ1n) is 20.0. The Balaban J connectivity index is 1.24. The molecule has 0 aliphatic carbocycles. The van der Waals surface area contributed by atoms with Gasteiger partial charge in [-0.3, -0.25) is 23.1 Å². The number of halogens is 1. The molecule has 2 aromatic heterocycles. The van der Waals surface area contributed by atoms with Crippen LogP contribution in [0.1, 0.15) is 43.2 Å². The van der Waals surface area contributed by atoms with Crippen LogP contribution in [0.5, 0.6) is 0 Å². The molecular weight excluding hydrogens is 900 g/mol. The molecule has 0 unspecified atom stereocenters. The molecule has 6 aromatic rings. The Hall–Kier alpha value is -7.67. The van der Waals surface area contributed by atoms with Crippen LogP contribution in [-0.2, 0) is 29.8 Å². The van der Waals surface area contributed by atoms with Crippen LogP contribution in [0.3, 0.4) is 0 Å². The van der Waals surface area contributed by atoms with E-state index >= 15 is 0 Å². The van der Waals surface area contributed by atoms with Crippen molar-refractivity contribution in [2.75, 3.05) is 51.7 Å². The number of aromatic nitrogens is 6. The van der Waals surface area contributed by atoms with Crippen LogP contribution in [0.25, 0.3) is 12.2 Å². The lowest BCUT2D eigenvalue weighted by Crippen LogP contribution is -2.13. The van der Waals surface area contributed by atoms with E-state index in [-0.39, 0.29) is 96.3 Å². The van der Waals surface area contributed by atoms with Gasteiger partial charge in [-0.25, -0.2) is 0 Å². The molecule has 0 atom stereocenters. The number of carbonyl (C=O) groups is 2. The molecule has 0 fully saturated rings. The molecule has 24 heteroatoms. The van der Waals surface area contributed by atoms with Crippen molar-refractivity contribution in [1.29, 1.82) is 0 Å². The Labute approximate surface area is 378 Å². The van der Waals surface area contributed by atoms with E-state index in [9.17, 15) is 39.9 Å². The molecule has 0 amide bonds. The van der Waals surface area contributed by atoms with Crippen molar-refractivity contribution in [3.63, 3.8) is 0 Å². The van der Waals surface area contributed by atoms with E-state index in [0.29, 0.717) is 24.2 Å². The summed E-state index contributed by atoms with van der Waals surface area (Å²) in [6.07, 6.45) is 3.32. The normalized spacial score (nSPS) is 11.5. The summed E-state index contributed by atoms with van der Waals surface area (Å²) in [6.45, 7) is -0.348. The number of benzene rings is 4. The number of aliphatic carboxylic acids is 1. The summed E-state index contributed by atoms with van der Waals surface area (Å²) in [7, 11) is -9.83. The van der Waals surface area contributed by atoms with E-state index in [0.717, 1.165) is 12.1 Å². The van der Waals surface area contributed by atoms with Crippen LogP contribution in [0.2, 0.25) is 0 Å². The van der Waals surface area contributed by atoms with Gasteiger partial charge in [0.25, 0.3) is 20.2 Å². The molecule has 66 heavy (non-hydrogen) atoms. The molecule has 4 aromatic carbocycles. The molecule has 0 aliphatic rings. The standard InChI is InChI=1S/C42H43FN12O9S2/c43-22-8-7-13-33(56)20-23-44-37-50-39(46-29-9-3-1-4-10-29)54-41(52-37)48-31-18-16-27(34(25-31)65(59,60)61)14-15-28-17-19-32(26-35(28)66(62,63)64)49-42-53-38(45-24-21-36(57)58)51-40(55-42)47-30-11-5-2-6-12-30/h1-6,9-12,14-19,25-26H,7-8,13,20-24H2,(H,57,58)(H,59,60,61)(H,62,63,64)(H3,44,46,48,50,52,54)(H3,45,47,49,51,53,55)/b15-14+. The third kappa shape index (κ3) is 14.7. The fourth-order valence-electron chi connectivity index (χ4n) is 5.96. The molecule has 0 spiro atoms. The smallest absolute Gasteiger partial charge is 0.305 e. The Morgan fingerprint density at radius 2 is 0.909 bits per heavy atom. The number of ketones is 1. The fourth-order valence-corrected chi connectivity index (χ4v) is 7.38. The molecule has 0 saturated carbocycles. The first kappa shape index (κ1) is 47.8. The van der Waals surface area contributed by atoms with Gasteiger partial charge < -0.3 is 37.0 Å². The minimum Gasteiger partial charge on any atom is -0.481 e. The number of carboxylic acid groups (broad SMARTS) is 1. The number of nitrogens with zero attached hydrogens (tertiary/aromatic N) is 6. The summed E-state index contributed by atoms with van der Waals surface area (Å²) in [5.74, 6) is -1.03. The summed E-state index contributed by atoms with van der Waals surface area (Å²) in [4.78, 5) is 48.1. The van der Waals surface area contributed by atoms with E-state index in [1.807, 2.05) is 12.1 Å². The van der Waals surface area contributed by atoms with Gasteiger partial charge in [0.05, 0.1) is 13.1 Å². The second kappa shape index (κ2) is 22.3. The number of rotatable bonds is 24. The highest BCUT2D eigenvalue weighted by Crippen LogP contribution is 2.29. The molecule has 6 rings (SSSR count). The molecule has 2 heterocycles. The zero-order chi connectivity index (χ0) is 47.1. The van der Waals surface area contributed by atoms with E-state index < -0.39 is 42.7 Å². The van der Waals surface area contributed by atoms with Crippen molar-refractivity contribution in [3.8, 4) is 0 Å². The van der Waals surface area contributed by atoms with Gasteiger partial charge >= 0.3 is 5.97 Å². The monoisotopic (exact) mass is 942 g/mol. The summed E-state index contributed by atoms with van der Waals surface area (Å²) in [6, 6.07) is 25.5. The van der Waals surface area contributed by atoms with Crippen LogP contribution < -0.4 is 31.9 Å². The highest BCUT2D eigenvalue weighted by atomic mass is 32.2. The van der Waals surface area contributed by atoms with E-state index in [2.05, 4.69) is 61.8 Å². The van der Waals surface area contributed by atoms with E-state index in [1.54, 1.807) is 48.5 Å². The van der Waals surface area contributed by atoms with Gasteiger partial charge in [0, 0.05) is 48.7 Å². The number of carboxylic acids is 1. The van der Waals surface area contributed by atoms with Gasteiger partial charge in [-0.05, 0) is 72.5 Å². The van der Waals surface area contributed by atoms with Crippen molar-refractivity contribution < 1.29 is 45.0 Å². The number of hydrogen-bond acceptors (Lipinski definition) is 18. The lowest BCUT2D eigenvalue weighted by Gasteiger charge is -2.13. The second-order valence-corrected chi connectivity index (χ2v) is 16.8. The highest BCUT2D eigenvalue weighted by Gasteiger charge is 2.19. The third-order valence-electron chi connectivity index (χ3n) is 9.02. The quantitative estimate of drug-likeness (QED) is 0.0166.